The van der Waals surface area contributed by atoms with E-state index < -0.39 is 15.9 Å². The summed E-state index contributed by atoms with van der Waals surface area (Å²) in [5, 5.41) is 13.9. The van der Waals surface area contributed by atoms with Gasteiger partial charge in [-0.2, -0.15) is 9.41 Å². The van der Waals surface area contributed by atoms with Crippen LogP contribution in [-0.2, 0) is 21.2 Å². The van der Waals surface area contributed by atoms with E-state index in [1.165, 1.54) is 6.21 Å². The van der Waals surface area contributed by atoms with Gasteiger partial charge in [0.15, 0.2) is 11.5 Å². The van der Waals surface area contributed by atoms with Crippen molar-refractivity contribution in [3.8, 4) is 11.5 Å². The quantitative estimate of drug-likeness (QED) is 0.451. The molecule has 8 nitrogen and oxygen atoms in total. The van der Waals surface area contributed by atoms with E-state index in [-0.39, 0.29) is 18.8 Å². The third kappa shape index (κ3) is 7.20. The van der Waals surface area contributed by atoms with Gasteiger partial charge in [0.05, 0.1) is 25.6 Å². The molecule has 2 aromatic carbocycles. The number of hydrazone groups is 1. The fraction of sp³-hybridized carbons (Fsp3) is 0.300. The van der Waals surface area contributed by atoms with Gasteiger partial charge in [-0.15, -0.1) is 0 Å². The van der Waals surface area contributed by atoms with Crippen molar-refractivity contribution in [2.45, 2.75) is 13.3 Å². The van der Waals surface area contributed by atoms with Gasteiger partial charge in [-0.05, 0) is 31.0 Å². The predicted octanol–water partition coefficient (Wildman–Crippen LogP) is 1.75. The normalized spacial score (nSPS) is 11.7. The molecule has 9 heteroatoms. The molecule has 156 valence electrons. The number of ether oxygens (including phenoxy) is 1. The lowest BCUT2D eigenvalue weighted by atomic mass is 10.1. The van der Waals surface area contributed by atoms with Crippen molar-refractivity contribution < 1.29 is 23.1 Å². The number of carbonyl (C=O) groups excluding carboxylic acids is 1. The molecule has 0 aromatic heterocycles. The Morgan fingerprint density at radius 1 is 1.21 bits per heavy atom. The van der Waals surface area contributed by atoms with Gasteiger partial charge >= 0.3 is 0 Å². The van der Waals surface area contributed by atoms with Crippen molar-refractivity contribution >= 4 is 22.1 Å². The highest BCUT2D eigenvalue weighted by molar-refractivity contribution is 7.88. The molecule has 0 saturated carbocycles. The minimum Gasteiger partial charge on any atom is -0.504 e. The number of hydrogen-bond acceptors (Lipinski definition) is 6. The average Bonchev–Trinajstić information content (AvgIpc) is 2.68. The molecule has 0 aliphatic carbocycles. The van der Waals surface area contributed by atoms with Crippen molar-refractivity contribution in [1.82, 2.24) is 9.73 Å². The summed E-state index contributed by atoms with van der Waals surface area (Å²) in [6.07, 6.45) is 2.82. The van der Waals surface area contributed by atoms with Gasteiger partial charge in [-0.25, -0.2) is 13.8 Å². The second kappa shape index (κ2) is 10.6. The monoisotopic (exact) mass is 419 g/mol. The molecule has 1 amide bonds. The van der Waals surface area contributed by atoms with Crippen LogP contribution in [0.15, 0.2) is 53.6 Å². The average molecular weight is 420 g/mol. The van der Waals surface area contributed by atoms with E-state index in [1.807, 2.05) is 30.3 Å². The van der Waals surface area contributed by atoms with E-state index in [2.05, 4.69) is 10.5 Å². The number of hydrogen-bond donors (Lipinski definition) is 2. The van der Waals surface area contributed by atoms with Crippen LogP contribution in [0.3, 0.4) is 0 Å². The van der Waals surface area contributed by atoms with Crippen LogP contribution in [0.25, 0.3) is 0 Å². The fourth-order valence-corrected chi connectivity index (χ4v) is 3.32. The van der Waals surface area contributed by atoms with E-state index in [0.29, 0.717) is 24.3 Å². The van der Waals surface area contributed by atoms with E-state index in [1.54, 1.807) is 25.1 Å². The van der Waals surface area contributed by atoms with Gasteiger partial charge in [0.25, 0.3) is 5.91 Å². The minimum atomic E-state index is -3.56. The van der Waals surface area contributed by atoms with Crippen LogP contribution < -0.4 is 10.2 Å². The molecular formula is C20H25N3O5S. The molecule has 0 radical (unpaired) electrons. The van der Waals surface area contributed by atoms with Crippen LogP contribution >= 0.6 is 0 Å². The molecule has 2 rings (SSSR count). The number of phenolic OH excluding ortho intramolecular Hbond substituents is 1. The van der Waals surface area contributed by atoms with Crippen LogP contribution in [0, 0.1) is 0 Å². The Labute approximate surface area is 170 Å². The van der Waals surface area contributed by atoms with Crippen molar-refractivity contribution in [3.05, 3.63) is 59.7 Å². The molecule has 0 aliphatic rings. The summed E-state index contributed by atoms with van der Waals surface area (Å²) >= 11 is 0. The van der Waals surface area contributed by atoms with Gasteiger partial charge < -0.3 is 9.84 Å². The third-order valence-corrected chi connectivity index (χ3v) is 5.25. The topological polar surface area (TPSA) is 108 Å². The van der Waals surface area contributed by atoms with Crippen molar-refractivity contribution in [3.63, 3.8) is 0 Å². The molecule has 2 aromatic rings. The number of benzene rings is 2. The minimum absolute atomic E-state index is 0.0898. The zero-order valence-electron chi connectivity index (χ0n) is 16.4. The van der Waals surface area contributed by atoms with Gasteiger partial charge in [0.2, 0.25) is 10.0 Å². The summed E-state index contributed by atoms with van der Waals surface area (Å²) < 4.78 is 30.4. The first kappa shape index (κ1) is 22.4. The standard InChI is InChI=1S/C20H25N3O5S/c1-3-28-18-11-7-10-17(20(18)25)14-21-22-19(24)15-23(29(2,26)27)13-12-16-8-5-4-6-9-16/h4-11,14,25H,3,12-13,15H2,1-2H3,(H,22,24). The fourth-order valence-electron chi connectivity index (χ4n) is 2.55. The van der Waals surface area contributed by atoms with Crippen LogP contribution in [-0.4, -0.2) is 55.9 Å². The molecule has 2 N–H and O–H groups in total. The number of sulfonamides is 1. The molecule has 0 aliphatic heterocycles. The molecule has 29 heavy (non-hydrogen) atoms. The van der Waals surface area contributed by atoms with Gasteiger partial charge in [0, 0.05) is 12.1 Å². The van der Waals surface area contributed by atoms with Crippen molar-refractivity contribution in [2.24, 2.45) is 5.10 Å². The van der Waals surface area contributed by atoms with Gasteiger partial charge in [0.1, 0.15) is 0 Å². The Morgan fingerprint density at radius 2 is 1.93 bits per heavy atom. The number of amides is 1. The van der Waals surface area contributed by atoms with Crippen molar-refractivity contribution in [2.75, 3.05) is 26.0 Å². The highest BCUT2D eigenvalue weighted by Gasteiger charge is 2.19. The first-order valence-corrected chi connectivity index (χ1v) is 10.9. The number of rotatable bonds is 10. The van der Waals surface area contributed by atoms with Crippen LogP contribution in [0.4, 0.5) is 0 Å². The van der Waals surface area contributed by atoms with E-state index in [4.69, 9.17) is 4.74 Å². The Kier molecular flexibility index (Phi) is 8.17. The second-order valence-electron chi connectivity index (χ2n) is 6.25. The molecule has 0 fully saturated rings. The van der Waals surface area contributed by atoms with E-state index in [9.17, 15) is 18.3 Å². The first-order valence-electron chi connectivity index (χ1n) is 9.07. The molecule has 0 heterocycles. The summed E-state index contributed by atoms with van der Waals surface area (Å²) in [4.78, 5) is 12.1. The Hall–Kier alpha value is -2.91. The Morgan fingerprint density at radius 3 is 2.59 bits per heavy atom. The highest BCUT2D eigenvalue weighted by atomic mass is 32.2. The van der Waals surface area contributed by atoms with E-state index in [0.717, 1.165) is 16.1 Å². The van der Waals surface area contributed by atoms with Crippen molar-refractivity contribution in [1.29, 1.82) is 0 Å². The number of nitrogens with zero attached hydrogens (tertiary/aromatic N) is 2. The summed E-state index contributed by atoms with van der Waals surface area (Å²) in [5.74, 6) is -0.361. The van der Waals surface area contributed by atoms with Gasteiger partial charge in [-0.3, -0.25) is 4.79 Å². The number of phenols is 1. The number of nitrogens with one attached hydrogen (secondary N) is 1. The highest BCUT2D eigenvalue weighted by Crippen LogP contribution is 2.28. The zero-order valence-corrected chi connectivity index (χ0v) is 17.2. The lowest BCUT2D eigenvalue weighted by Gasteiger charge is -2.18. The molecular weight excluding hydrogens is 394 g/mol. The Bertz CT molecular complexity index is 946. The summed E-state index contributed by atoms with van der Waals surface area (Å²) in [7, 11) is -3.56. The maximum atomic E-state index is 12.1. The summed E-state index contributed by atoms with van der Waals surface area (Å²) in [5.41, 5.74) is 3.62. The number of carbonyl (C=O) groups is 1. The summed E-state index contributed by atoms with van der Waals surface area (Å²) in [6.45, 7) is 2.02. The molecule has 0 spiro atoms. The second-order valence-corrected chi connectivity index (χ2v) is 8.23. The predicted molar refractivity (Wildman–Crippen MR) is 112 cm³/mol. The van der Waals surface area contributed by atoms with Crippen LogP contribution in [0.5, 0.6) is 11.5 Å². The Balaban J connectivity index is 1.96. The lowest BCUT2D eigenvalue weighted by molar-refractivity contribution is -0.121. The van der Waals surface area contributed by atoms with Crippen LogP contribution in [0.1, 0.15) is 18.1 Å². The largest absolute Gasteiger partial charge is 0.504 e. The maximum Gasteiger partial charge on any atom is 0.255 e. The zero-order chi connectivity index (χ0) is 21.3. The molecule has 0 saturated heterocycles. The SMILES string of the molecule is CCOc1cccc(C=NNC(=O)CN(CCc2ccccc2)S(C)(=O)=O)c1O. The smallest absolute Gasteiger partial charge is 0.255 e. The number of aromatic hydroxyl groups is 1. The van der Waals surface area contributed by atoms with E-state index >= 15 is 0 Å². The molecule has 0 bridgehead atoms. The van der Waals surface area contributed by atoms with Crippen LogP contribution in [0.2, 0.25) is 0 Å². The molecule has 0 unspecified atom stereocenters. The lowest BCUT2D eigenvalue weighted by Crippen LogP contribution is -2.40. The number of para-hydroxylation sites is 1. The third-order valence-electron chi connectivity index (χ3n) is 4.00. The summed E-state index contributed by atoms with van der Waals surface area (Å²) in [6, 6.07) is 14.3. The van der Waals surface area contributed by atoms with Gasteiger partial charge in [-0.1, -0.05) is 36.4 Å². The molecule has 0 atom stereocenters. The first-order chi connectivity index (χ1) is 13.8. The maximum absolute atomic E-state index is 12.1.